The normalized spacial score (nSPS) is 22.4. The van der Waals surface area contributed by atoms with E-state index in [4.69, 9.17) is 4.74 Å². The van der Waals surface area contributed by atoms with E-state index in [2.05, 4.69) is 15.9 Å². The number of amides is 1. The molecule has 2 atom stereocenters. The first-order valence-electron chi connectivity index (χ1n) is 6.21. The molecule has 21 heavy (non-hydrogen) atoms. The predicted molar refractivity (Wildman–Crippen MR) is 72.0 cm³/mol. The number of aromatic hydroxyl groups is 1. The van der Waals surface area contributed by atoms with Crippen LogP contribution in [-0.4, -0.2) is 46.5 Å². The fourth-order valence-corrected chi connectivity index (χ4v) is 2.49. The Balaban J connectivity index is 2.35. The highest BCUT2D eigenvalue weighted by molar-refractivity contribution is 9.09. The van der Waals surface area contributed by atoms with Crippen molar-refractivity contribution in [2.75, 3.05) is 18.5 Å². The molecular weight excluding hydrogens is 355 g/mol. The molecule has 1 aliphatic heterocycles. The van der Waals surface area contributed by atoms with Gasteiger partial charge in [0.2, 0.25) is 5.82 Å². The van der Waals surface area contributed by atoms with E-state index in [1.165, 1.54) is 4.90 Å². The van der Waals surface area contributed by atoms with Crippen molar-refractivity contribution in [3.05, 3.63) is 29.1 Å². The van der Waals surface area contributed by atoms with Crippen molar-refractivity contribution >= 4 is 21.8 Å². The van der Waals surface area contributed by atoms with Gasteiger partial charge in [-0.25, -0.2) is 8.78 Å². The third-order valence-corrected chi connectivity index (χ3v) is 4.02. The van der Waals surface area contributed by atoms with Crippen molar-refractivity contribution in [2.24, 2.45) is 0 Å². The van der Waals surface area contributed by atoms with Gasteiger partial charge in [-0.1, -0.05) is 15.9 Å². The van der Waals surface area contributed by atoms with E-state index in [0.717, 1.165) is 0 Å². The molecule has 1 N–H and O–H groups in total. The van der Waals surface area contributed by atoms with Crippen molar-refractivity contribution in [3.63, 3.8) is 0 Å². The Kier molecular flexibility index (Phi) is 4.77. The highest BCUT2D eigenvalue weighted by Crippen LogP contribution is 2.27. The fraction of sp³-hybridized carbons (Fsp3) is 0.462. The van der Waals surface area contributed by atoms with Gasteiger partial charge in [-0.3, -0.25) is 4.79 Å². The smallest absolute Gasteiger partial charge is 0.257 e. The molecule has 1 aliphatic rings. The van der Waals surface area contributed by atoms with Gasteiger partial charge in [-0.15, -0.1) is 0 Å². The second-order valence-corrected chi connectivity index (χ2v) is 5.45. The number of halogens is 4. The molecule has 1 amide bonds. The van der Waals surface area contributed by atoms with Gasteiger partial charge in [0, 0.05) is 11.9 Å². The van der Waals surface area contributed by atoms with Gasteiger partial charge in [0.25, 0.3) is 5.91 Å². The van der Waals surface area contributed by atoms with Crippen LogP contribution in [0, 0.1) is 17.5 Å². The zero-order valence-electron chi connectivity index (χ0n) is 11.1. The summed E-state index contributed by atoms with van der Waals surface area (Å²) in [5.74, 6) is -6.96. The second kappa shape index (κ2) is 6.23. The summed E-state index contributed by atoms with van der Waals surface area (Å²) in [6.07, 6.45) is -0.271. The summed E-state index contributed by atoms with van der Waals surface area (Å²) in [5, 5.41) is 9.67. The highest BCUT2D eigenvalue weighted by atomic mass is 79.9. The number of nitrogens with zero attached hydrogens (tertiary/aromatic N) is 1. The standard InChI is InChI=1S/C13H13BrF3NO3/c1-6-5-21-7(3-14)4-18(6)13(20)8-2-9(15)11(17)12(19)10(8)16/h2,6-7,19H,3-5H2,1H3. The molecule has 1 saturated heterocycles. The Labute approximate surface area is 127 Å². The Hall–Kier alpha value is -1.28. The van der Waals surface area contributed by atoms with Gasteiger partial charge in [-0.2, -0.15) is 4.39 Å². The van der Waals surface area contributed by atoms with Crippen molar-refractivity contribution in [1.82, 2.24) is 4.90 Å². The number of alkyl halides is 1. The van der Waals surface area contributed by atoms with Crippen molar-refractivity contribution in [3.8, 4) is 5.75 Å². The topological polar surface area (TPSA) is 49.8 Å². The van der Waals surface area contributed by atoms with Crippen LogP contribution < -0.4 is 0 Å². The van der Waals surface area contributed by atoms with E-state index in [1.54, 1.807) is 6.92 Å². The van der Waals surface area contributed by atoms with Gasteiger partial charge in [0.05, 0.1) is 24.3 Å². The number of carbonyl (C=O) groups excluding carboxylic acids is 1. The number of hydrogen-bond donors (Lipinski definition) is 1. The first-order chi connectivity index (χ1) is 9.86. The summed E-state index contributed by atoms with van der Waals surface area (Å²) < 4.78 is 45.6. The minimum absolute atomic E-state index is 0.185. The molecule has 4 nitrogen and oxygen atoms in total. The minimum atomic E-state index is -1.71. The third kappa shape index (κ3) is 3.01. The third-order valence-electron chi connectivity index (χ3n) is 3.30. The Morgan fingerprint density at radius 2 is 2.14 bits per heavy atom. The molecule has 0 radical (unpaired) electrons. The summed E-state index contributed by atoms with van der Waals surface area (Å²) in [6.45, 7) is 2.13. The SMILES string of the molecule is CC1COC(CBr)CN1C(=O)c1cc(F)c(F)c(O)c1F. The first-order valence-corrected chi connectivity index (χ1v) is 7.34. The molecule has 8 heteroatoms. The summed E-state index contributed by atoms with van der Waals surface area (Å²) in [5.41, 5.74) is -0.700. The predicted octanol–water partition coefficient (Wildman–Crippen LogP) is 2.43. The molecule has 1 heterocycles. The molecule has 2 unspecified atom stereocenters. The number of morpholine rings is 1. The monoisotopic (exact) mass is 367 g/mol. The van der Waals surface area contributed by atoms with E-state index in [1.807, 2.05) is 0 Å². The van der Waals surface area contributed by atoms with Crippen LogP contribution in [0.25, 0.3) is 0 Å². The van der Waals surface area contributed by atoms with E-state index < -0.39 is 34.7 Å². The van der Waals surface area contributed by atoms with Crippen molar-refractivity contribution in [2.45, 2.75) is 19.1 Å². The van der Waals surface area contributed by atoms with Crippen LogP contribution in [0.15, 0.2) is 6.07 Å². The van der Waals surface area contributed by atoms with E-state index in [9.17, 15) is 23.1 Å². The number of benzene rings is 1. The van der Waals surface area contributed by atoms with E-state index in [-0.39, 0.29) is 25.3 Å². The van der Waals surface area contributed by atoms with Crippen LogP contribution in [0.1, 0.15) is 17.3 Å². The summed E-state index contributed by atoms with van der Waals surface area (Å²) in [7, 11) is 0. The summed E-state index contributed by atoms with van der Waals surface area (Å²) >= 11 is 3.22. The minimum Gasteiger partial charge on any atom is -0.503 e. The molecule has 2 rings (SSSR count). The number of phenols is 1. The summed E-state index contributed by atoms with van der Waals surface area (Å²) in [4.78, 5) is 13.6. The maximum atomic E-state index is 13.8. The lowest BCUT2D eigenvalue weighted by atomic mass is 10.1. The zero-order valence-corrected chi connectivity index (χ0v) is 12.7. The summed E-state index contributed by atoms with van der Waals surface area (Å²) in [6, 6.07) is 0.111. The lowest BCUT2D eigenvalue weighted by Gasteiger charge is -2.37. The van der Waals surface area contributed by atoms with E-state index >= 15 is 0 Å². The largest absolute Gasteiger partial charge is 0.503 e. The van der Waals surface area contributed by atoms with Crippen LogP contribution in [-0.2, 0) is 4.74 Å². The average Bonchev–Trinajstić information content (AvgIpc) is 2.48. The van der Waals surface area contributed by atoms with Gasteiger partial charge in [-0.05, 0) is 13.0 Å². The molecule has 1 aromatic rings. The molecule has 0 aliphatic carbocycles. The quantitative estimate of drug-likeness (QED) is 0.645. The van der Waals surface area contributed by atoms with Gasteiger partial charge in [0.15, 0.2) is 17.4 Å². The molecule has 116 valence electrons. The Bertz CT molecular complexity index is 570. The maximum Gasteiger partial charge on any atom is 0.257 e. The van der Waals surface area contributed by atoms with Crippen molar-refractivity contribution < 1.29 is 27.8 Å². The van der Waals surface area contributed by atoms with Crippen LogP contribution in [0.2, 0.25) is 0 Å². The van der Waals surface area contributed by atoms with Crippen LogP contribution in [0.3, 0.4) is 0 Å². The van der Waals surface area contributed by atoms with Gasteiger partial charge in [0.1, 0.15) is 0 Å². The highest BCUT2D eigenvalue weighted by Gasteiger charge is 2.32. The van der Waals surface area contributed by atoms with Crippen LogP contribution in [0.4, 0.5) is 13.2 Å². The number of rotatable bonds is 2. The molecule has 0 bridgehead atoms. The first kappa shape index (κ1) is 16.1. The fourth-order valence-electron chi connectivity index (χ4n) is 2.09. The molecule has 1 fully saturated rings. The lowest BCUT2D eigenvalue weighted by Crippen LogP contribution is -2.51. The zero-order chi connectivity index (χ0) is 15.7. The molecule has 1 aromatic carbocycles. The van der Waals surface area contributed by atoms with Gasteiger partial charge >= 0.3 is 0 Å². The Morgan fingerprint density at radius 1 is 1.48 bits per heavy atom. The second-order valence-electron chi connectivity index (χ2n) is 4.80. The average molecular weight is 368 g/mol. The van der Waals surface area contributed by atoms with Crippen LogP contribution >= 0.6 is 15.9 Å². The van der Waals surface area contributed by atoms with Crippen LogP contribution in [0.5, 0.6) is 5.75 Å². The Morgan fingerprint density at radius 3 is 2.76 bits per heavy atom. The lowest BCUT2D eigenvalue weighted by molar-refractivity contribution is -0.0363. The number of phenolic OH excluding ortho intramolecular Hbond substituents is 1. The molecule has 0 aromatic heterocycles. The number of hydrogen-bond acceptors (Lipinski definition) is 3. The van der Waals surface area contributed by atoms with Crippen molar-refractivity contribution in [1.29, 1.82) is 0 Å². The number of carbonyl (C=O) groups is 1. The maximum absolute atomic E-state index is 13.8. The van der Waals surface area contributed by atoms with E-state index in [0.29, 0.717) is 11.4 Å². The molecular formula is C13H13BrF3NO3. The molecule has 0 saturated carbocycles. The van der Waals surface area contributed by atoms with Gasteiger partial charge < -0.3 is 14.7 Å². The molecule has 0 spiro atoms. The number of ether oxygens (including phenoxy) is 1.